The van der Waals surface area contributed by atoms with Gasteiger partial charge in [-0.1, -0.05) is 12.1 Å². The van der Waals surface area contributed by atoms with Crippen LogP contribution in [0.1, 0.15) is 29.6 Å². The van der Waals surface area contributed by atoms with Gasteiger partial charge in [-0.3, -0.25) is 4.79 Å². The highest BCUT2D eigenvalue weighted by Crippen LogP contribution is 2.49. The molecule has 24 heavy (non-hydrogen) atoms. The van der Waals surface area contributed by atoms with Crippen molar-refractivity contribution in [2.75, 3.05) is 0 Å². The minimum atomic E-state index is -1.23. The van der Waals surface area contributed by atoms with E-state index in [0.29, 0.717) is 5.56 Å². The molecule has 0 saturated heterocycles. The van der Waals surface area contributed by atoms with Crippen molar-refractivity contribution in [3.05, 3.63) is 47.5 Å². The zero-order chi connectivity index (χ0) is 17.4. The lowest BCUT2D eigenvalue weighted by atomic mass is 9.82. The number of aliphatic carboxylic acids is 1. The second-order valence-electron chi connectivity index (χ2n) is 5.70. The second-order valence-corrected chi connectivity index (χ2v) is 5.70. The number of hydrogen-bond donors (Lipinski definition) is 5. The van der Waals surface area contributed by atoms with Crippen molar-refractivity contribution in [2.24, 2.45) is 0 Å². The molecule has 0 aromatic heterocycles. The van der Waals surface area contributed by atoms with Crippen LogP contribution in [0.3, 0.4) is 0 Å². The van der Waals surface area contributed by atoms with Crippen LogP contribution in [0.25, 0.3) is 0 Å². The first-order chi connectivity index (χ1) is 11.4. The van der Waals surface area contributed by atoms with Gasteiger partial charge in [0.2, 0.25) is 0 Å². The smallest absolute Gasteiger partial charge is 0.304 e. The number of ether oxygens (including phenoxy) is 1. The summed E-state index contributed by atoms with van der Waals surface area (Å²) < 4.78 is 5.70. The van der Waals surface area contributed by atoms with Gasteiger partial charge < -0.3 is 30.3 Å². The molecule has 2 aromatic carbocycles. The summed E-state index contributed by atoms with van der Waals surface area (Å²) in [6.45, 7) is 0. The quantitative estimate of drug-likeness (QED) is 0.580. The van der Waals surface area contributed by atoms with Gasteiger partial charge >= 0.3 is 5.97 Å². The molecule has 3 atom stereocenters. The number of carboxylic acids is 1. The number of aliphatic hydroxyl groups is 1. The van der Waals surface area contributed by atoms with Crippen molar-refractivity contribution in [1.29, 1.82) is 0 Å². The maximum Gasteiger partial charge on any atom is 0.304 e. The Balaban J connectivity index is 2.08. The number of aromatic hydroxyl groups is 3. The number of aliphatic hydroxyl groups excluding tert-OH is 1. The van der Waals surface area contributed by atoms with E-state index in [1.54, 1.807) is 12.1 Å². The normalized spacial score (nSPS) is 22.5. The molecule has 0 saturated carbocycles. The number of carbonyl (C=O) groups is 1. The van der Waals surface area contributed by atoms with Crippen LogP contribution in [0.5, 0.6) is 23.0 Å². The van der Waals surface area contributed by atoms with Gasteiger partial charge in [-0.25, -0.2) is 0 Å². The first-order valence-electron chi connectivity index (χ1n) is 7.28. The molecule has 0 aliphatic carbocycles. The molecule has 7 heteroatoms. The molecule has 1 aliphatic heterocycles. The Morgan fingerprint density at radius 1 is 1.04 bits per heavy atom. The molecule has 0 radical (unpaired) electrons. The summed E-state index contributed by atoms with van der Waals surface area (Å²) in [5.74, 6) is -2.46. The van der Waals surface area contributed by atoms with Crippen molar-refractivity contribution >= 4 is 5.97 Å². The summed E-state index contributed by atoms with van der Waals surface area (Å²) in [6.07, 6.45) is -2.54. The lowest BCUT2D eigenvalue weighted by Gasteiger charge is -2.36. The molecule has 3 rings (SSSR count). The third-order valence-electron chi connectivity index (χ3n) is 4.07. The molecule has 0 fully saturated rings. The zero-order valence-corrected chi connectivity index (χ0v) is 12.5. The minimum absolute atomic E-state index is 0.0434. The number of fused-ring (bicyclic) bond motifs is 1. The number of hydrogen-bond acceptors (Lipinski definition) is 6. The topological polar surface area (TPSA) is 127 Å². The monoisotopic (exact) mass is 332 g/mol. The van der Waals surface area contributed by atoms with Crippen molar-refractivity contribution in [1.82, 2.24) is 0 Å². The van der Waals surface area contributed by atoms with Crippen molar-refractivity contribution in [3.8, 4) is 23.0 Å². The van der Waals surface area contributed by atoms with E-state index >= 15 is 0 Å². The fourth-order valence-electron chi connectivity index (χ4n) is 3.00. The van der Waals surface area contributed by atoms with Crippen LogP contribution in [-0.4, -0.2) is 37.6 Å². The number of carboxylic acid groups (broad SMARTS) is 1. The Kier molecular flexibility index (Phi) is 3.94. The predicted octanol–water partition coefficient (Wildman–Crippen LogP) is 1.86. The van der Waals surface area contributed by atoms with E-state index in [9.17, 15) is 25.2 Å². The molecule has 5 N–H and O–H groups in total. The molecule has 0 amide bonds. The van der Waals surface area contributed by atoms with Crippen LogP contribution < -0.4 is 4.74 Å². The van der Waals surface area contributed by atoms with E-state index < -0.39 is 30.5 Å². The average Bonchev–Trinajstić information content (AvgIpc) is 2.50. The van der Waals surface area contributed by atoms with Gasteiger partial charge in [-0.05, 0) is 17.7 Å². The fourth-order valence-corrected chi connectivity index (χ4v) is 3.00. The van der Waals surface area contributed by atoms with Crippen LogP contribution in [0, 0.1) is 0 Å². The Morgan fingerprint density at radius 2 is 1.71 bits per heavy atom. The maximum absolute atomic E-state index is 11.2. The summed E-state index contributed by atoms with van der Waals surface area (Å²) in [4.78, 5) is 11.2. The Morgan fingerprint density at radius 3 is 2.33 bits per heavy atom. The predicted molar refractivity (Wildman–Crippen MR) is 82.2 cm³/mol. The van der Waals surface area contributed by atoms with Crippen molar-refractivity contribution in [3.63, 3.8) is 0 Å². The van der Waals surface area contributed by atoms with Crippen LogP contribution in [0.2, 0.25) is 0 Å². The van der Waals surface area contributed by atoms with Gasteiger partial charge in [0.25, 0.3) is 0 Å². The lowest BCUT2D eigenvalue weighted by molar-refractivity contribution is -0.139. The van der Waals surface area contributed by atoms with Gasteiger partial charge in [0, 0.05) is 23.6 Å². The highest BCUT2D eigenvalue weighted by Gasteiger charge is 2.41. The van der Waals surface area contributed by atoms with Crippen LogP contribution in [-0.2, 0) is 4.79 Å². The highest BCUT2D eigenvalue weighted by atomic mass is 16.5. The molecule has 2 aromatic rings. The van der Waals surface area contributed by atoms with Crippen LogP contribution in [0.15, 0.2) is 36.4 Å². The summed E-state index contributed by atoms with van der Waals surface area (Å²) in [5.41, 5.74) is 0.682. The number of phenolic OH excluding ortho intramolecular Hbond substituents is 3. The molecule has 0 bridgehead atoms. The Labute approximate surface area is 137 Å². The summed E-state index contributed by atoms with van der Waals surface area (Å²) >= 11 is 0. The van der Waals surface area contributed by atoms with Crippen molar-refractivity contribution in [2.45, 2.75) is 24.5 Å². The highest BCUT2D eigenvalue weighted by molar-refractivity contribution is 5.69. The molecule has 1 aliphatic rings. The van der Waals surface area contributed by atoms with Gasteiger partial charge in [-0.15, -0.1) is 0 Å². The van der Waals surface area contributed by atoms with Gasteiger partial charge in [0.15, 0.2) is 6.10 Å². The van der Waals surface area contributed by atoms with Gasteiger partial charge in [0.05, 0.1) is 6.42 Å². The van der Waals surface area contributed by atoms with E-state index in [4.69, 9.17) is 9.84 Å². The number of rotatable bonds is 3. The van der Waals surface area contributed by atoms with Gasteiger partial charge in [-0.2, -0.15) is 0 Å². The average molecular weight is 332 g/mol. The van der Waals surface area contributed by atoms with E-state index in [1.807, 2.05) is 0 Å². The number of benzene rings is 2. The Bertz CT molecular complexity index is 769. The summed E-state index contributed by atoms with van der Waals surface area (Å²) in [6, 6.07) is 8.29. The molecule has 7 nitrogen and oxygen atoms in total. The van der Waals surface area contributed by atoms with E-state index in [0.717, 1.165) is 6.07 Å². The van der Waals surface area contributed by atoms with Crippen LogP contribution in [0.4, 0.5) is 0 Å². The third-order valence-corrected chi connectivity index (χ3v) is 4.07. The molecule has 126 valence electrons. The number of phenols is 3. The third kappa shape index (κ3) is 2.81. The first kappa shape index (κ1) is 15.9. The molecular weight excluding hydrogens is 316 g/mol. The second kappa shape index (κ2) is 5.93. The SMILES string of the molecule is O=C(O)C[C@H]1c2c(O)cc(O)cc2O[C@H](c2ccc(O)cc2)[C@@H]1O. The maximum atomic E-state index is 11.2. The lowest BCUT2D eigenvalue weighted by Crippen LogP contribution is -2.35. The van der Waals surface area contributed by atoms with E-state index in [-0.39, 0.29) is 28.6 Å². The van der Waals surface area contributed by atoms with Crippen LogP contribution >= 0.6 is 0 Å². The van der Waals surface area contributed by atoms with E-state index in [2.05, 4.69) is 0 Å². The standard InChI is InChI=1S/C17H16O7/c18-9-3-1-8(2-4-9)17-16(23)11(7-14(21)22)15-12(20)5-10(19)6-13(15)24-17/h1-6,11,16-20,23H,7H2,(H,21,22)/t11-,16+,17+/m0/s1. The fraction of sp³-hybridized carbons (Fsp3) is 0.235. The summed E-state index contributed by atoms with van der Waals surface area (Å²) in [5, 5.41) is 48.8. The first-order valence-corrected chi connectivity index (χ1v) is 7.28. The minimum Gasteiger partial charge on any atom is -0.508 e. The van der Waals surface area contributed by atoms with E-state index in [1.165, 1.54) is 18.2 Å². The zero-order valence-electron chi connectivity index (χ0n) is 12.5. The summed E-state index contributed by atoms with van der Waals surface area (Å²) in [7, 11) is 0. The Hall–Kier alpha value is -2.93. The molecule has 0 unspecified atom stereocenters. The van der Waals surface area contributed by atoms with Crippen molar-refractivity contribution < 1.29 is 35.1 Å². The largest absolute Gasteiger partial charge is 0.508 e. The molecule has 1 heterocycles. The van der Waals surface area contributed by atoms with Gasteiger partial charge in [0.1, 0.15) is 29.1 Å². The molecule has 0 spiro atoms. The molecular formula is C17H16O7.